The first kappa shape index (κ1) is 9.71. The number of fused-ring (bicyclic) bond motifs is 1. The molecule has 2 fully saturated rings. The van der Waals surface area contributed by atoms with Gasteiger partial charge in [0.25, 0.3) is 0 Å². The Balaban J connectivity index is 2.17. The molecule has 0 aromatic heterocycles. The molecule has 78 valence electrons. The predicted octanol–water partition coefficient (Wildman–Crippen LogP) is 1.08. The molecule has 2 aliphatic rings. The van der Waals surface area contributed by atoms with Crippen molar-refractivity contribution in [1.82, 2.24) is 4.90 Å². The molecule has 0 aliphatic carbocycles. The number of carbonyl (C=O) groups excluding carboxylic acids is 1. The maximum Gasteiger partial charge on any atom is 0.223 e. The Labute approximate surface area is 84.4 Å². The molecule has 14 heavy (non-hydrogen) atoms. The summed E-state index contributed by atoms with van der Waals surface area (Å²) in [4.78, 5) is 13.6. The summed E-state index contributed by atoms with van der Waals surface area (Å²) in [5.74, 6) is 0.209. The van der Waals surface area contributed by atoms with E-state index in [1.165, 1.54) is 0 Å². The zero-order valence-corrected chi connectivity index (χ0v) is 8.52. The van der Waals surface area contributed by atoms with E-state index in [1.54, 1.807) is 0 Å². The minimum Gasteiger partial charge on any atom is -0.391 e. The van der Waals surface area contributed by atoms with Crippen LogP contribution in [-0.2, 0) is 4.79 Å². The smallest absolute Gasteiger partial charge is 0.223 e. The van der Waals surface area contributed by atoms with Gasteiger partial charge in [-0.1, -0.05) is 12.2 Å². The number of nitrogens with zero attached hydrogens (tertiary/aromatic N) is 1. The number of amides is 1. The van der Waals surface area contributed by atoms with Crippen molar-refractivity contribution in [3.8, 4) is 0 Å². The zero-order chi connectivity index (χ0) is 10.1. The lowest BCUT2D eigenvalue weighted by Crippen LogP contribution is -2.50. The van der Waals surface area contributed by atoms with Gasteiger partial charge >= 0.3 is 0 Å². The average molecular weight is 195 g/mol. The van der Waals surface area contributed by atoms with Crippen LogP contribution in [0.15, 0.2) is 12.2 Å². The predicted molar refractivity (Wildman–Crippen MR) is 53.7 cm³/mol. The summed E-state index contributed by atoms with van der Waals surface area (Å²) in [6.07, 6.45) is 6.84. The third kappa shape index (κ3) is 1.46. The van der Waals surface area contributed by atoms with Crippen molar-refractivity contribution in [3.63, 3.8) is 0 Å². The lowest BCUT2D eigenvalue weighted by atomic mass is 9.99. The number of carbonyl (C=O) groups is 1. The Kier molecular flexibility index (Phi) is 2.59. The van der Waals surface area contributed by atoms with Crippen molar-refractivity contribution in [2.24, 2.45) is 0 Å². The molecule has 1 amide bonds. The Morgan fingerprint density at radius 2 is 2.21 bits per heavy atom. The fraction of sp³-hybridized carbons (Fsp3) is 0.727. The highest BCUT2D eigenvalue weighted by Gasteiger charge is 2.42. The Bertz CT molecular complexity index is 262. The van der Waals surface area contributed by atoms with Crippen molar-refractivity contribution in [1.29, 1.82) is 0 Å². The van der Waals surface area contributed by atoms with Gasteiger partial charge in [-0.3, -0.25) is 4.79 Å². The van der Waals surface area contributed by atoms with Crippen LogP contribution in [0.2, 0.25) is 0 Å². The second-order valence-electron chi connectivity index (χ2n) is 4.14. The monoisotopic (exact) mass is 195 g/mol. The van der Waals surface area contributed by atoms with Crippen LogP contribution in [0.1, 0.15) is 32.6 Å². The van der Waals surface area contributed by atoms with Crippen molar-refractivity contribution in [2.45, 2.75) is 50.8 Å². The fourth-order valence-electron chi connectivity index (χ4n) is 2.62. The van der Waals surface area contributed by atoms with E-state index in [2.05, 4.69) is 6.08 Å². The highest BCUT2D eigenvalue weighted by molar-refractivity contribution is 5.78. The standard InChI is InChI=1S/C11H17NO2/c1-2-3-8-4-5-9-10(13)6-7-11(14)12(8)9/h2-3,8-10,13H,4-7H2,1H3/b3-2+. The summed E-state index contributed by atoms with van der Waals surface area (Å²) in [5.41, 5.74) is 0. The van der Waals surface area contributed by atoms with Crippen molar-refractivity contribution in [2.75, 3.05) is 0 Å². The topological polar surface area (TPSA) is 40.5 Å². The van der Waals surface area contributed by atoms with Gasteiger partial charge in [-0.05, 0) is 26.2 Å². The number of hydrogen-bond acceptors (Lipinski definition) is 2. The quantitative estimate of drug-likeness (QED) is 0.636. The molecule has 0 aromatic carbocycles. The molecule has 1 N–H and O–H groups in total. The van der Waals surface area contributed by atoms with E-state index < -0.39 is 0 Å². The van der Waals surface area contributed by atoms with E-state index in [-0.39, 0.29) is 24.1 Å². The van der Waals surface area contributed by atoms with E-state index in [0.717, 1.165) is 12.8 Å². The zero-order valence-electron chi connectivity index (χ0n) is 8.52. The van der Waals surface area contributed by atoms with Gasteiger partial charge in [-0.2, -0.15) is 0 Å². The molecule has 2 saturated heterocycles. The third-order valence-electron chi connectivity index (χ3n) is 3.27. The Hall–Kier alpha value is -0.830. The van der Waals surface area contributed by atoms with E-state index >= 15 is 0 Å². The van der Waals surface area contributed by atoms with Gasteiger partial charge in [-0.15, -0.1) is 0 Å². The summed E-state index contributed by atoms with van der Waals surface area (Å²) in [6.45, 7) is 1.97. The second-order valence-corrected chi connectivity index (χ2v) is 4.14. The molecule has 3 atom stereocenters. The molecule has 0 radical (unpaired) electrons. The molecule has 3 unspecified atom stereocenters. The van der Waals surface area contributed by atoms with Gasteiger partial charge in [-0.25, -0.2) is 0 Å². The highest BCUT2D eigenvalue weighted by Crippen LogP contribution is 2.32. The van der Waals surface area contributed by atoms with E-state index in [1.807, 2.05) is 17.9 Å². The number of hydrogen-bond donors (Lipinski definition) is 1. The van der Waals surface area contributed by atoms with Crippen molar-refractivity contribution >= 4 is 5.91 Å². The number of allylic oxidation sites excluding steroid dienone is 1. The molecular formula is C11H17NO2. The molecule has 3 nitrogen and oxygen atoms in total. The number of piperidine rings is 1. The molecule has 3 heteroatoms. The highest BCUT2D eigenvalue weighted by atomic mass is 16.3. The molecule has 0 aromatic rings. The van der Waals surface area contributed by atoms with Crippen LogP contribution < -0.4 is 0 Å². The molecule has 2 heterocycles. The number of rotatable bonds is 1. The largest absolute Gasteiger partial charge is 0.391 e. The summed E-state index contributed by atoms with van der Waals surface area (Å²) in [7, 11) is 0. The summed E-state index contributed by atoms with van der Waals surface area (Å²) >= 11 is 0. The van der Waals surface area contributed by atoms with Crippen molar-refractivity contribution < 1.29 is 9.90 Å². The molecule has 2 aliphatic heterocycles. The molecule has 0 saturated carbocycles. The van der Waals surface area contributed by atoms with Gasteiger partial charge in [0.2, 0.25) is 5.91 Å². The van der Waals surface area contributed by atoms with Crippen LogP contribution in [0.3, 0.4) is 0 Å². The number of aliphatic hydroxyl groups excluding tert-OH is 1. The van der Waals surface area contributed by atoms with Crippen LogP contribution in [0.4, 0.5) is 0 Å². The Morgan fingerprint density at radius 3 is 2.93 bits per heavy atom. The second kappa shape index (κ2) is 3.73. The third-order valence-corrected chi connectivity index (χ3v) is 3.27. The van der Waals surface area contributed by atoms with Gasteiger partial charge in [0.15, 0.2) is 0 Å². The number of aliphatic hydroxyl groups is 1. The first-order valence-electron chi connectivity index (χ1n) is 5.36. The lowest BCUT2D eigenvalue weighted by Gasteiger charge is -2.36. The van der Waals surface area contributed by atoms with Crippen LogP contribution in [0, 0.1) is 0 Å². The Morgan fingerprint density at radius 1 is 1.43 bits per heavy atom. The van der Waals surface area contributed by atoms with Gasteiger partial charge in [0.1, 0.15) is 0 Å². The van der Waals surface area contributed by atoms with E-state index in [4.69, 9.17) is 0 Å². The maximum atomic E-state index is 11.7. The maximum absolute atomic E-state index is 11.7. The average Bonchev–Trinajstić information content (AvgIpc) is 2.58. The van der Waals surface area contributed by atoms with Crippen molar-refractivity contribution in [3.05, 3.63) is 12.2 Å². The van der Waals surface area contributed by atoms with Crippen LogP contribution in [-0.4, -0.2) is 34.1 Å². The molecule has 2 rings (SSSR count). The summed E-state index contributed by atoms with van der Waals surface area (Å²) in [6, 6.07) is 0.310. The van der Waals surface area contributed by atoms with Crippen LogP contribution in [0.25, 0.3) is 0 Å². The van der Waals surface area contributed by atoms with E-state index in [9.17, 15) is 9.90 Å². The molecule has 0 bridgehead atoms. The lowest BCUT2D eigenvalue weighted by molar-refractivity contribution is -0.140. The van der Waals surface area contributed by atoms with Gasteiger partial charge < -0.3 is 10.0 Å². The minimum absolute atomic E-state index is 0.0810. The first-order chi connectivity index (χ1) is 6.74. The molecule has 0 spiro atoms. The fourth-order valence-corrected chi connectivity index (χ4v) is 2.62. The SMILES string of the molecule is C/C=C/C1CCC2C(O)CCC(=O)N12. The normalized spacial score (nSPS) is 38.0. The van der Waals surface area contributed by atoms with Gasteiger partial charge in [0, 0.05) is 6.42 Å². The van der Waals surface area contributed by atoms with E-state index in [0.29, 0.717) is 12.8 Å². The first-order valence-corrected chi connectivity index (χ1v) is 5.36. The minimum atomic E-state index is -0.303. The van der Waals surface area contributed by atoms with Crippen LogP contribution in [0.5, 0.6) is 0 Å². The summed E-state index contributed by atoms with van der Waals surface area (Å²) < 4.78 is 0. The summed E-state index contributed by atoms with van der Waals surface area (Å²) in [5, 5.41) is 9.77. The van der Waals surface area contributed by atoms with Gasteiger partial charge in [0.05, 0.1) is 18.2 Å². The molecular weight excluding hydrogens is 178 g/mol. The van der Waals surface area contributed by atoms with Crippen LogP contribution >= 0.6 is 0 Å².